The van der Waals surface area contributed by atoms with Gasteiger partial charge in [0.05, 0.1) is 4.47 Å². The molecule has 20 heavy (non-hydrogen) atoms. The van der Waals surface area contributed by atoms with Gasteiger partial charge in [-0.2, -0.15) is 0 Å². The Balaban J connectivity index is 2.66. The second kappa shape index (κ2) is 4.82. The summed E-state index contributed by atoms with van der Waals surface area (Å²) in [6.07, 6.45) is -4.89. The summed E-state index contributed by atoms with van der Waals surface area (Å²) >= 11 is 2.92. The Morgan fingerprint density at radius 1 is 1.30 bits per heavy atom. The van der Waals surface area contributed by atoms with Crippen LogP contribution in [0.3, 0.4) is 0 Å². The average Bonchev–Trinajstić information content (AvgIpc) is 2.27. The molecule has 1 heterocycles. The van der Waals surface area contributed by atoms with Crippen molar-refractivity contribution in [2.45, 2.75) is 6.36 Å². The molecule has 0 saturated carbocycles. The Hall–Kier alpha value is -2.03. The fraction of sp³-hybridized carbons (Fsp3) is 0.0909. The van der Waals surface area contributed by atoms with Crippen LogP contribution in [0.15, 0.2) is 31.9 Å². The zero-order chi connectivity index (χ0) is 15.1. The molecule has 0 bridgehead atoms. The Morgan fingerprint density at radius 3 is 2.50 bits per heavy atom. The van der Waals surface area contributed by atoms with Gasteiger partial charge in [0.25, 0.3) is 0 Å². The van der Waals surface area contributed by atoms with Gasteiger partial charge in [-0.25, -0.2) is 9.59 Å². The summed E-state index contributed by atoms with van der Waals surface area (Å²) in [5.74, 6) is -2.11. The van der Waals surface area contributed by atoms with Gasteiger partial charge in [0, 0.05) is 5.39 Å². The number of halogens is 4. The van der Waals surface area contributed by atoms with E-state index in [0.29, 0.717) is 0 Å². The fourth-order valence-corrected chi connectivity index (χ4v) is 2.04. The summed E-state index contributed by atoms with van der Waals surface area (Å²) in [5, 5.41) is 8.75. The summed E-state index contributed by atoms with van der Waals surface area (Å²) in [6.45, 7) is 0. The van der Waals surface area contributed by atoms with Crippen LogP contribution in [0.2, 0.25) is 0 Å². The van der Waals surface area contributed by atoms with Crippen LogP contribution < -0.4 is 10.4 Å². The highest BCUT2D eigenvalue weighted by Gasteiger charge is 2.31. The van der Waals surface area contributed by atoms with E-state index in [9.17, 15) is 22.8 Å². The number of carbonyl (C=O) groups is 1. The molecular formula is C11H4BrF3O5. The number of carboxylic acid groups (broad SMARTS) is 1. The largest absolute Gasteiger partial charge is 0.573 e. The van der Waals surface area contributed by atoms with Crippen molar-refractivity contribution in [3.8, 4) is 5.75 Å². The summed E-state index contributed by atoms with van der Waals surface area (Å²) < 4.78 is 44.9. The molecule has 2 aromatic rings. The van der Waals surface area contributed by atoms with Crippen molar-refractivity contribution in [3.05, 3.63) is 38.7 Å². The van der Waals surface area contributed by atoms with Gasteiger partial charge in [0.2, 0.25) is 0 Å². The summed E-state index contributed by atoms with van der Waals surface area (Å²) in [6, 6.07) is 2.79. The maximum atomic E-state index is 12.1. The molecule has 9 heteroatoms. The molecular weight excluding hydrogens is 349 g/mol. The molecule has 0 atom stereocenters. The third-order valence-electron chi connectivity index (χ3n) is 2.22. The van der Waals surface area contributed by atoms with Crippen LogP contribution in [0, 0.1) is 0 Å². The predicted molar refractivity (Wildman–Crippen MR) is 63.8 cm³/mol. The lowest BCUT2D eigenvalue weighted by Crippen LogP contribution is -2.17. The molecule has 5 nitrogen and oxygen atoms in total. The standard InChI is InChI=1S/C11H4BrF3O5/c12-7-3-5(20-11(13,14)15)1-4-2-6(9(16)17)10(18)19-8(4)7/h1-3H,(H,16,17). The third-order valence-corrected chi connectivity index (χ3v) is 2.81. The van der Waals surface area contributed by atoms with E-state index in [4.69, 9.17) is 9.52 Å². The van der Waals surface area contributed by atoms with Gasteiger partial charge in [-0.05, 0) is 34.1 Å². The summed E-state index contributed by atoms with van der Waals surface area (Å²) in [4.78, 5) is 22.1. The van der Waals surface area contributed by atoms with Gasteiger partial charge in [0.1, 0.15) is 11.3 Å². The lowest BCUT2D eigenvalue weighted by atomic mass is 10.2. The molecule has 0 saturated heterocycles. The number of fused-ring (bicyclic) bond motifs is 1. The van der Waals surface area contributed by atoms with Crippen molar-refractivity contribution in [1.29, 1.82) is 0 Å². The first-order chi connectivity index (χ1) is 9.17. The van der Waals surface area contributed by atoms with E-state index in [2.05, 4.69) is 20.7 Å². The van der Waals surface area contributed by atoms with E-state index in [0.717, 1.165) is 18.2 Å². The average molecular weight is 353 g/mol. The molecule has 1 aromatic heterocycles. The Kier molecular flexibility index (Phi) is 3.46. The van der Waals surface area contributed by atoms with Crippen LogP contribution in [0.4, 0.5) is 13.2 Å². The van der Waals surface area contributed by atoms with E-state index in [1.165, 1.54) is 0 Å². The minimum atomic E-state index is -4.89. The molecule has 1 aromatic carbocycles. The highest BCUT2D eigenvalue weighted by atomic mass is 79.9. The highest BCUT2D eigenvalue weighted by Crippen LogP contribution is 2.32. The lowest BCUT2D eigenvalue weighted by Gasteiger charge is -2.10. The molecule has 0 aliphatic carbocycles. The minimum Gasteiger partial charge on any atom is -0.477 e. The van der Waals surface area contributed by atoms with Crippen molar-refractivity contribution >= 4 is 32.9 Å². The van der Waals surface area contributed by atoms with Crippen molar-refractivity contribution in [2.24, 2.45) is 0 Å². The summed E-state index contributed by atoms with van der Waals surface area (Å²) in [7, 11) is 0. The molecule has 2 rings (SSSR count). The first-order valence-corrected chi connectivity index (χ1v) is 5.73. The van der Waals surface area contributed by atoms with Gasteiger partial charge >= 0.3 is 18.0 Å². The topological polar surface area (TPSA) is 76.7 Å². The molecule has 0 amide bonds. The van der Waals surface area contributed by atoms with E-state index < -0.39 is 29.3 Å². The van der Waals surface area contributed by atoms with Gasteiger partial charge in [-0.1, -0.05) is 0 Å². The van der Waals surface area contributed by atoms with E-state index in [1.54, 1.807) is 0 Å². The number of hydrogen-bond donors (Lipinski definition) is 1. The SMILES string of the molecule is O=C(O)c1cc2cc(OC(F)(F)F)cc(Br)c2oc1=O. The maximum Gasteiger partial charge on any atom is 0.573 e. The first-order valence-electron chi connectivity index (χ1n) is 4.94. The zero-order valence-corrected chi connectivity index (χ0v) is 10.9. The Bertz CT molecular complexity index is 750. The predicted octanol–water partition coefficient (Wildman–Crippen LogP) is 3.15. The third kappa shape index (κ3) is 2.93. The molecule has 106 valence electrons. The van der Waals surface area contributed by atoms with Gasteiger partial charge in [-0.15, -0.1) is 13.2 Å². The maximum absolute atomic E-state index is 12.1. The number of hydrogen-bond acceptors (Lipinski definition) is 4. The number of carboxylic acids is 1. The van der Waals surface area contributed by atoms with Gasteiger partial charge < -0.3 is 14.3 Å². The molecule has 0 unspecified atom stereocenters. The Morgan fingerprint density at radius 2 is 1.95 bits per heavy atom. The first kappa shape index (κ1) is 14.4. The smallest absolute Gasteiger partial charge is 0.477 e. The van der Waals surface area contributed by atoms with Crippen LogP contribution in [-0.4, -0.2) is 17.4 Å². The van der Waals surface area contributed by atoms with Gasteiger partial charge in [0.15, 0.2) is 5.58 Å². The Labute approximate surface area is 116 Å². The van der Waals surface area contributed by atoms with Crippen molar-refractivity contribution in [1.82, 2.24) is 0 Å². The van der Waals surface area contributed by atoms with Crippen LogP contribution in [0.1, 0.15) is 10.4 Å². The second-order valence-electron chi connectivity index (χ2n) is 3.62. The van der Waals surface area contributed by atoms with Crippen molar-refractivity contribution < 1.29 is 32.2 Å². The quantitative estimate of drug-likeness (QED) is 0.840. The molecule has 1 N–H and O–H groups in total. The number of ether oxygens (including phenoxy) is 1. The van der Waals surface area contributed by atoms with Gasteiger partial charge in [-0.3, -0.25) is 0 Å². The van der Waals surface area contributed by atoms with Crippen LogP contribution in [0.5, 0.6) is 5.75 Å². The number of alkyl halides is 3. The number of rotatable bonds is 2. The minimum absolute atomic E-state index is 0.0179. The van der Waals surface area contributed by atoms with E-state index in [1.807, 2.05) is 0 Å². The molecule has 0 aliphatic heterocycles. The van der Waals surface area contributed by atoms with E-state index >= 15 is 0 Å². The zero-order valence-electron chi connectivity index (χ0n) is 9.32. The fourth-order valence-electron chi connectivity index (χ4n) is 1.51. The molecule has 0 spiro atoms. The highest BCUT2D eigenvalue weighted by molar-refractivity contribution is 9.10. The molecule has 0 radical (unpaired) electrons. The number of benzene rings is 1. The number of aromatic carboxylic acids is 1. The second-order valence-corrected chi connectivity index (χ2v) is 4.48. The van der Waals surface area contributed by atoms with Crippen molar-refractivity contribution in [2.75, 3.05) is 0 Å². The lowest BCUT2D eigenvalue weighted by molar-refractivity contribution is -0.274. The van der Waals surface area contributed by atoms with Crippen LogP contribution in [0.25, 0.3) is 11.0 Å². The molecule has 0 fully saturated rings. The van der Waals surface area contributed by atoms with E-state index in [-0.39, 0.29) is 15.4 Å². The van der Waals surface area contributed by atoms with Crippen LogP contribution in [-0.2, 0) is 0 Å². The normalized spacial score (nSPS) is 11.6. The monoisotopic (exact) mass is 352 g/mol. The molecule has 0 aliphatic rings. The summed E-state index contributed by atoms with van der Waals surface area (Å²) in [5.41, 5.74) is -1.86. The van der Waals surface area contributed by atoms with Crippen molar-refractivity contribution in [3.63, 3.8) is 0 Å². The van der Waals surface area contributed by atoms with Crippen LogP contribution >= 0.6 is 15.9 Å².